The minimum atomic E-state index is -1.37. The number of terminal acetylenes is 2. The zero-order valence-electron chi connectivity index (χ0n) is 71.4. The van der Waals surface area contributed by atoms with Crippen molar-refractivity contribution in [2.24, 2.45) is 0 Å². The molecule has 6 aliphatic carbocycles. The van der Waals surface area contributed by atoms with Crippen molar-refractivity contribution in [3.8, 4) is 53.5 Å². The van der Waals surface area contributed by atoms with E-state index in [1.807, 2.05) is 78.9 Å². The van der Waals surface area contributed by atoms with Crippen molar-refractivity contribution in [3.63, 3.8) is 0 Å². The molecule has 0 fully saturated rings. The average Bonchev–Trinajstić information content (AvgIpc) is 0.813. The molecule has 4 radical (unpaired) electrons. The number of halogens is 1. The van der Waals surface area contributed by atoms with Crippen molar-refractivity contribution in [1.82, 2.24) is 0 Å². The van der Waals surface area contributed by atoms with Gasteiger partial charge in [-0.1, -0.05) is 187 Å². The molecule has 0 spiro atoms. The number of carbonyl (C=O) groups excluding carboxylic acids is 4. The Hall–Kier alpha value is -3.39. The fourth-order valence-corrected chi connectivity index (χ4v) is 14.5. The molecule has 2 unspecified atom stereocenters. The maximum Gasteiger partial charge on any atom is 1.00 e. The fourth-order valence-electron chi connectivity index (χ4n) is 13.6. The van der Waals surface area contributed by atoms with E-state index < -0.39 is 16.1 Å². The number of aliphatic hydroxyl groups is 1. The van der Waals surface area contributed by atoms with Crippen LogP contribution in [0.15, 0.2) is 114 Å². The number of ketones is 4. The molecular weight excluding hydrogens is 1740 g/mol. The van der Waals surface area contributed by atoms with Crippen molar-refractivity contribution >= 4 is 55.2 Å². The zero-order valence-corrected chi connectivity index (χ0v) is 85.3. The van der Waals surface area contributed by atoms with E-state index in [4.69, 9.17) is 36.9 Å². The van der Waals surface area contributed by atoms with Gasteiger partial charge < -0.3 is 66.2 Å². The van der Waals surface area contributed by atoms with Crippen LogP contribution in [0.5, 0.6) is 0 Å². The molecule has 0 heterocycles. The van der Waals surface area contributed by atoms with Crippen molar-refractivity contribution in [2.45, 2.75) is 244 Å². The molecule has 12 rings (SSSR count). The van der Waals surface area contributed by atoms with Gasteiger partial charge in [0, 0.05) is 201 Å². The number of aliphatic hydroxyl groups excluding tert-OH is 1. The van der Waals surface area contributed by atoms with Crippen molar-refractivity contribution < 1.29 is 161 Å². The SMILES string of the molecule is C#C[Si](C)(C)C.C#Cc1ccc2c(c1)C(=O)CCC2(C)C.CC1(C)CCC(=O)c2cc(Br)ccc21.CC1(C)CCC(=O)c2cc(C#C[Si](C)(C)C)ccc21.[C-]#Cc1ccc2c(c1)C(=O)CCC2(C)C.[C-]#Cc1ccc2c(c1)C(O)CCC2(C)C.[C-]#Cc1ccc2c(c1)C(OC)CCC2(C)C.[CH3-].[CH3-].[CH3-].[CH3-].[CH3-].[H+].[Y].[Y].[Y].[Y]. The molecule has 6 aliphatic rings. The summed E-state index contributed by atoms with van der Waals surface area (Å²) in [5, 5.41) is 9.92. The molecule has 0 saturated heterocycles. The van der Waals surface area contributed by atoms with Gasteiger partial charge in [-0.15, -0.1) is 77.0 Å². The van der Waals surface area contributed by atoms with Crippen LogP contribution in [0.4, 0.5) is 0 Å². The standard InChI is InChI=1S/C17H22OSi.C15H17O.C14H15O.C14H14O.C14H13O.C12H13BrO.C5H10Si.5CH3.4Y/c1-17(2)10-8-16(18)14-12-13(6-7-15(14)17)9-11-19(3,4)5;1-5-11-6-7-13-12(10-11)14(16-4)8-9-15(13,2)3;3*1-4-10-5-6-12-11(9-10)13(15)7-8-14(12,2)3;1-12(2)6-5-11(14)9-7-8(13)3-4-10(9)12;1-5-6(2,3)4;;;;;;;;;/h6-7,12H,8,10H2,1-5H3;6-7,10,14H,8-9H2,2-4H3;5-6,9,13,15H,7-8H2,2-3H3;1,5-6,9H,7-8H2,2-3H3;5-6,9H,7-8H2,2-3H3;3-4,7H,5-6H2,1-2H3;1H,2-4H3;5*1H3;;;;/q;2*-1;;-1;;;5*-1;;;;/p+1. The summed E-state index contributed by atoms with van der Waals surface area (Å²) in [6.45, 7) is 39.6. The van der Waals surface area contributed by atoms with Crippen molar-refractivity contribution in [2.75, 3.05) is 7.11 Å². The number of methoxy groups -OCH3 is 1. The molecule has 574 valence electrons. The fraction of sp³-hybridized carbons (Fsp3) is 0.406. The van der Waals surface area contributed by atoms with Crippen LogP contribution in [0.3, 0.4) is 0 Å². The van der Waals surface area contributed by atoms with E-state index in [1.54, 1.807) is 13.2 Å². The van der Waals surface area contributed by atoms with E-state index >= 15 is 0 Å². The Morgan fingerprint density at radius 3 is 1.06 bits per heavy atom. The first-order chi connectivity index (χ1) is 46.5. The maximum atomic E-state index is 12.1. The quantitative estimate of drug-likeness (QED) is 0.100. The van der Waals surface area contributed by atoms with Gasteiger partial charge in [0.1, 0.15) is 16.1 Å². The number of carbonyl (C=O) groups is 4. The van der Waals surface area contributed by atoms with E-state index in [1.165, 1.54) is 27.8 Å². The molecule has 109 heavy (non-hydrogen) atoms. The molecule has 0 aromatic heterocycles. The van der Waals surface area contributed by atoms with Gasteiger partial charge in [-0.25, -0.2) is 0 Å². The summed E-state index contributed by atoms with van der Waals surface area (Å²) in [7, 11) is -0.713. The van der Waals surface area contributed by atoms with Crippen LogP contribution in [0.2, 0.25) is 39.3 Å². The van der Waals surface area contributed by atoms with E-state index in [9.17, 15) is 24.3 Å². The predicted molar refractivity (Wildman–Crippen MR) is 454 cm³/mol. The van der Waals surface area contributed by atoms with Gasteiger partial charge in [0.25, 0.3) is 0 Å². The van der Waals surface area contributed by atoms with Gasteiger partial charge in [0.05, 0.1) is 12.2 Å². The second-order valence-corrected chi connectivity index (χ2v) is 43.8. The van der Waals surface area contributed by atoms with Crippen LogP contribution >= 0.6 is 15.9 Å². The first kappa shape index (κ1) is 112. The molecule has 6 aromatic carbocycles. The van der Waals surface area contributed by atoms with Gasteiger partial charge in [-0.05, 0) is 165 Å². The summed E-state index contributed by atoms with van der Waals surface area (Å²) in [4.78, 5) is 47.3. The molecule has 0 bridgehead atoms. The summed E-state index contributed by atoms with van der Waals surface area (Å²) in [6.07, 6.45) is 41.9. The summed E-state index contributed by atoms with van der Waals surface area (Å²) >= 11 is 3.40. The Morgan fingerprint density at radius 2 is 0.706 bits per heavy atom. The van der Waals surface area contributed by atoms with Crippen LogP contribution in [-0.4, -0.2) is 51.5 Å². The number of hydrogen-bond acceptors (Lipinski definition) is 6. The first-order valence-corrected chi connectivity index (χ1v) is 42.9. The maximum absolute atomic E-state index is 12.1. The topological polar surface area (TPSA) is 97.7 Å². The smallest absolute Gasteiger partial charge is 0.388 e. The second kappa shape index (κ2) is 47.0. The van der Waals surface area contributed by atoms with Gasteiger partial charge in [-0.2, -0.15) is 0 Å². The van der Waals surface area contributed by atoms with E-state index in [0.717, 1.165) is 117 Å². The van der Waals surface area contributed by atoms with Crippen LogP contribution in [0, 0.1) is 110 Å². The number of hydrogen-bond donors (Lipinski definition) is 1. The molecule has 0 amide bonds. The molecule has 0 aliphatic heterocycles. The Kier molecular flexibility index (Phi) is 48.2. The third-order valence-electron chi connectivity index (χ3n) is 20.3. The Bertz CT molecular complexity index is 4290. The van der Waals surface area contributed by atoms with Crippen molar-refractivity contribution in [3.05, 3.63) is 265 Å². The van der Waals surface area contributed by atoms with E-state index in [0.29, 0.717) is 31.2 Å². The van der Waals surface area contributed by atoms with Crippen LogP contribution in [-0.2, 0) is 168 Å². The predicted octanol–water partition coefficient (Wildman–Crippen LogP) is 23.6. The van der Waals surface area contributed by atoms with Gasteiger partial charge >= 0.3 is 1.43 Å². The molecular formula is C96H120BrO6Si2Y4-7. The molecule has 6 nitrogen and oxygen atoms in total. The van der Waals surface area contributed by atoms with Crippen molar-refractivity contribution in [1.29, 1.82) is 0 Å². The number of benzene rings is 6. The monoisotopic (exact) mass is 1860 g/mol. The normalized spacial score (nSPS) is 17.5. The minimum absolute atomic E-state index is 0. The molecule has 2 atom stereocenters. The zero-order chi connectivity index (χ0) is 74.7. The number of fused-ring (bicyclic) bond motifs is 6. The largest absolute Gasteiger partial charge is 1.00 e. The number of ether oxygens (including phenoxy) is 1. The number of Topliss-reactive ketones (excluding diaryl/α,β-unsaturated/α-hetero) is 4. The molecule has 0 saturated carbocycles. The summed E-state index contributed by atoms with van der Waals surface area (Å²) < 4.78 is 6.51. The number of rotatable bonds is 1. The molecule has 1 N–H and O–H groups in total. The Balaban J connectivity index is -0.000000389. The summed E-state index contributed by atoms with van der Waals surface area (Å²) in [5.74, 6) is 13.9. The van der Waals surface area contributed by atoms with Gasteiger partial charge in [0.15, 0.2) is 23.1 Å². The summed E-state index contributed by atoms with van der Waals surface area (Å²) in [6, 6.07) is 35.5. The van der Waals surface area contributed by atoms with E-state index in [-0.39, 0.29) is 237 Å². The minimum Gasteiger partial charge on any atom is -0.388 e. The van der Waals surface area contributed by atoms with Crippen LogP contribution < -0.4 is 0 Å². The second-order valence-electron chi connectivity index (χ2n) is 33.3. The average molecular weight is 1860 g/mol. The first-order valence-electron chi connectivity index (χ1n) is 35.1. The van der Waals surface area contributed by atoms with Gasteiger partial charge in [-0.3, -0.25) is 36.9 Å². The third kappa shape index (κ3) is 30.6. The molecule has 6 aromatic rings. The summed E-state index contributed by atoms with van der Waals surface area (Å²) in [5.41, 5.74) is 23.7. The third-order valence-corrected chi connectivity index (χ3v) is 22.5. The Morgan fingerprint density at radius 1 is 0.422 bits per heavy atom. The van der Waals surface area contributed by atoms with Crippen LogP contribution in [0.1, 0.15) is 288 Å². The van der Waals surface area contributed by atoms with E-state index in [2.05, 4.69) is 203 Å². The Labute approximate surface area is 776 Å². The van der Waals surface area contributed by atoms with Gasteiger partial charge in [0.2, 0.25) is 0 Å². The van der Waals surface area contributed by atoms with Crippen LogP contribution in [0.25, 0.3) is 0 Å². The molecule has 13 heteroatoms.